The molecule has 0 atom stereocenters. The number of anilines is 6. The van der Waals surface area contributed by atoms with Gasteiger partial charge in [-0.05, 0) is 55.7 Å². The minimum absolute atomic E-state index is 0.00420. The SMILES string of the molecule is CN(C)c1ccc2c(c1)N(c1nccn3nc(Nc4ccc5c(c4)NC(=O)C5(C)C)nc13)CC2. The Balaban J connectivity index is 1.34. The summed E-state index contributed by atoms with van der Waals surface area (Å²) in [6.45, 7) is 4.70. The van der Waals surface area contributed by atoms with E-state index in [0.717, 1.165) is 47.1 Å². The second-order valence-electron chi connectivity index (χ2n) is 9.53. The Hall–Kier alpha value is -4.14. The molecule has 4 heterocycles. The summed E-state index contributed by atoms with van der Waals surface area (Å²) in [7, 11) is 4.09. The van der Waals surface area contributed by atoms with E-state index < -0.39 is 5.41 Å². The van der Waals surface area contributed by atoms with Crippen LogP contribution >= 0.6 is 0 Å². The molecule has 0 saturated heterocycles. The number of rotatable bonds is 4. The molecule has 0 unspecified atom stereocenters. The summed E-state index contributed by atoms with van der Waals surface area (Å²) >= 11 is 0. The standard InChI is InChI=1S/C25H26N8O/c1-25(2)18-8-6-16(13-19(18)28-23(25)34)27-24-29-22-21(26-10-12-33(22)30-24)32-11-9-15-5-7-17(31(3)4)14-20(15)32/h5-8,10,12-14H,9,11H2,1-4H3,(H,27,30)(H,28,34). The van der Waals surface area contributed by atoms with Crippen molar-refractivity contribution in [3.05, 3.63) is 59.9 Å². The molecule has 2 aliphatic rings. The van der Waals surface area contributed by atoms with Crippen molar-refractivity contribution in [2.75, 3.05) is 41.1 Å². The average Bonchev–Trinajstić information content (AvgIpc) is 3.47. The molecule has 0 spiro atoms. The first-order chi connectivity index (χ1) is 16.3. The van der Waals surface area contributed by atoms with Crippen LogP contribution in [0.3, 0.4) is 0 Å². The maximum Gasteiger partial charge on any atom is 0.247 e. The molecule has 172 valence electrons. The van der Waals surface area contributed by atoms with Crippen LogP contribution in [-0.2, 0) is 16.6 Å². The van der Waals surface area contributed by atoms with Crippen LogP contribution in [0.25, 0.3) is 5.65 Å². The molecular weight excluding hydrogens is 428 g/mol. The van der Waals surface area contributed by atoms with Gasteiger partial charge in [0.25, 0.3) is 0 Å². The molecule has 6 rings (SSSR count). The van der Waals surface area contributed by atoms with Crippen molar-refractivity contribution in [2.24, 2.45) is 0 Å². The van der Waals surface area contributed by atoms with Gasteiger partial charge in [-0.3, -0.25) is 4.79 Å². The molecule has 0 saturated carbocycles. The number of hydrogen-bond donors (Lipinski definition) is 2. The van der Waals surface area contributed by atoms with Gasteiger partial charge in [0, 0.05) is 55.8 Å². The van der Waals surface area contributed by atoms with Crippen LogP contribution in [0.5, 0.6) is 0 Å². The molecule has 9 heteroatoms. The van der Waals surface area contributed by atoms with Crippen LogP contribution in [0.15, 0.2) is 48.8 Å². The summed E-state index contributed by atoms with van der Waals surface area (Å²) in [5.74, 6) is 1.25. The second-order valence-corrected chi connectivity index (χ2v) is 9.53. The average molecular weight is 455 g/mol. The highest BCUT2D eigenvalue weighted by Crippen LogP contribution is 2.40. The molecule has 0 radical (unpaired) electrons. The number of fused-ring (bicyclic) bond motifs is 3. The predicted octanol–water partition coefficient (Wildman–Crippen LogP) is 3.86. The molecule has 2 aromatic carbocycles. The lowest BCUT2D eigenvalue weighted by molar-refractivity contribution is -0.119. The Morgan fingerprint density at radius 1 is 1.15 bits per heavy atom. The van der Waals surface area contributed by atoms with Gasteiger partial charge in [0.15, 0.2) is 5.82 Å². The van der Waals surface area contributed by atoms with Crippen molar-refractivity contribution in [3.63, 3.8) is 0 Å². The summed E-state index contributed by atoms with van der Waals surface area (Å²) in [5.41, 5.74) is 6.37. The van der Waals surface area contributed by atoms with Gasteiger partial charge in [-0.1, -0.05) is 12.1 Å². The van der Waals surface area contributed by atoms with Crippen molar-refractivity contribution in [1.29, 1.82) is 0 Å². The van der Waals surface area contributed by atoms with E-state index >= 15 is 0 Å². The maximum absolute atomic E-state index is 12.3. The third kappa shape index (κ3) is 3.07. The van der Waals surface area contributed by atoms with Crippen LogP contribution in [0, 0.1) is 0 Å². The first kappa shape index (κ1) is 20.5. The smallest absolute Gasteiger partial charge is 0.247 e. The van der Waals surface area contributed by atoms with E-state index in [1.165, 1.54) is 5.56 Å². The number of amides is 1. The van der Waals surface area contributed by atoms with Gasteiger partial charge in [-0.2, -0.15) is 4.98 Å². The Bertz CT molecular complexity index is 1450. The lowest BCUT2D eigenvalue weighted by Crippen LogP contribution is -2.26. The summed E-state index contributed by atoms with van der Waals surface area (Å²) < 4.78 is 1.75. The van der Waals surface area contributed by atoms with Crippen molar-refractivity contribution in [2.45, 2.75) is 25.7 Å². The molecule has 2 aliphatic heterocycles. The molecule has 2 N–H and O–H groups in total. The van der Waals surface area contributed by atoms with Crippen LogP contribution < -0.4 is 20.4 Å². The highest BCUT2D eigenvalue weighted by atomic mass is 16.2. The normalized spacial score (nSPS) is 15.9. The van der Waals surface area contributed by atoms with Crippen LogP contribution in [-0.4, -0.2) is 46.1 Å². The van der Waals surface area contributed by atoms with Crippen molar-refractivity contribution in [1.82, 2.24) is 19.6 Å². The fraction of sp³-hybridized carbons (Fsp3) is 0.280. The predicted molar refractivity (Wildman–Crippen MR) is 134 cm³/mol. The molecule has 2 aromatic heterocycles. The third-order valence-corrected chi connectivity index (χ3v) is 6.74. The van der Waals surface area contributed by atoms with Gasteiger partial charge in [-0.25, -0.2) is 9.50 Å². The molecule has 9 nitrogen and oxygen atoms in total. The number of nitrogens with one attached hydrogen (secondary N) is 2. The summed E-state index contributed by atoms with van der Waals surface area (Å²) in [5, 5.41) is 10.9. The molecule has 4 aromatic rings. The molecule has 34 heavy (non-hydrogen) atoms. The van der Waals surface area contributed by atoms with E-state index in [0.29, 0.717) is 11.6 Å². The lowest BCUT2D eigenvalue weighted by Gasteiger charge is -2.20. The highest BCUT2D eigenvalue weighted by molar-refractivity contribution is 6.06. The highest BCUT2D eigenvalue weighted by Gasteiger charge is 2.38. The van der Waals surface area contributed by atoms with E-state index in [1.807, 2.05) is 46.1 Å². The molecule has 0 bridgehead atoms. The zero-order valence-corrected chi connectivity index (χ0v) is 19.6. The van der Waals surface area contributed by atoms with Crippen molar-refractivity contribution in [3.8, 4) is 0 Å². The molecule has 0 aliphatic carbocycles. The van der Waals surface area contributed by atoms with Gasteiger partial charge in [0.2, 0.25) is 17.5 Å². The Labute approximate surface area is 197 Å². The topological polar surface area (TPSA) is 90.7 Å². The fourth-order valence-electron chi connectivity index (χ4n) is 4.71. The Kier molecular flexibility index (Phi) is 4.32. The van der Waals surface area contributed by atoms with E-state index in [4.69, 9.17) is 4.98 Å². The van der Waals surface area contributed by atoms with Crippen molar-refractivity contribution < 1.29 is 4.79 Å². The number of benzene rings is 2. The molecular formula is C25H26N8O. The maximum atomic E-state index is 12.3. The fourth-order valence-corrected chi connectivity index (χ4v) is 4.71. The monoisotopic (exact) mass is 454 g/mol. The number of aromatic nitrogens is 4. The second kappa shape index (κ2) is 7.18. The summed E-state index contributed by atoms with van der Waals surface area (Å²) in [4.78, 5) is 26.0. The van der Waals surface area contributed by atoms with E-state index in [2.05, 4.69) is 48.7 Å². The number of nitrogens with zero attached hydrogens (tertiary/aromatic N) is 6. The van der Waals surface area contributed by atoms with Gasteiger partial charge in [0.05, 0.1) is 5.41 Å². The molecule has 1 amide bonds. The van der Waals surface area contributed by atoms with Gasteiger partial charge < -0.3 is 20.4 Å². The number of hydrogen-bond acceptors (Lipinski definition) is 7. The number of carbonyl (C=O) groups is 1. The largest absolute Gasteiger partial charge is 0.378 e. The quantitative estimate of drug-likeness (QED) is 0.484. The Morgan fingerprint density at radius 2 is 2.00 bits per heavy atom. The van der Waals surface area contributed by atoms with Gasteiger partial charge >= 0.3 is 0 Å². The van der Waals surface area contributed by atoms with E-state index in [-0.39, 0.29) is 5.91 Å². The summed E-state index contributed by atoms with van der Waals surface area (Å²) in [6.07, 6.45) is 4.51. The van der Waals surface area contributed by atoms with Crippen LogP contribution in [0.1, 0.15) is 25.0 Å². The third-order valence-electron chi connectivity index (χ3n) is 6.74. The minimum Gasteiger partial charge on any atom is -0.378 e. The van der Waals surface area contributed by atoms with Crippen LogP contribution in [0.4, 0.5) is 34.5 Å². The van der Waals surface area contributed by atoms with E-state index in [9.17, 15) is 4.79 Å². The zero-order valence-electron chi connectivity index (χ0n) is 19.6. The van der Waals surface area contributed by atoms with E-state index in [1.54, 1.807) is 16.9 Å². The summed E-state index contributed by atoms with van der Waals surface area (Å²) in [6, 6.07) is 12.4. The van der Waals surface area contributed by atoms with Gasteiger partial charge in [0.1, 0.15) is 0 Å². The zero-order chi connectivity index (χ0) is 23.6. The van der Waals surface area contributed by atoms with Crippen molar-refractivity contribution >= 4 is 46.1 Å². The molecule has 0 fully saturated rings. The first-order valence-electron chi connectivity index (χ1n) is 11.3. The number of carbonyl (C=O) groups excluding carboxylic acids is 1. The lowest BCUT2D eigenvalue weighted by atomic mass is 9.86. The first-order valence-corrected chi connectivity index (χ1v) is 11.3. The van der Waals surface area contributed by atoms with Gasteiger partial charge in [-0.15, -0.1) is 5.10 Å². The minimum atomic E-state index is -0.533. The Morgan fingerprint density at radius 3 is 2.82 bits per heavy atom. The van der Waals surface area contributed by atoms with Crippen LogP contribution in [0.2, 0.25) is 0 Å².